The largest absolute Gasteiger partial charge is 0.394 e. The van der Waals surface area contributed by atoms with Gasteiger partial charge in [-0.3, -0.25) is 0 Å². The highest BCUT2D eigenvalue weighted by Crippen LogP contribution is 2.19. The molecule has 2 N–H and O–H groups in total. The van der Waals surface area contributed by atoms with E-state index in [9.17, 15) is 4.39 Å². The van der Waals surface area contributed by atoms with Crippen LogP contribution in [-0.2, 0) is 17.9 Å². The van der Waals surface area contributed by atoms with Gasteiger partial charge in [-0.15, -0.1) is 0 Å². The molecule has 0 atom stereocenters. The second-order valence-corrected chi connectivity index (χ2v) is 5.70. The molecule has 0 spiro atoms. The predicted molar refractivity (Wildman–Crippen MR) is 90.7 cm³/mol. The molecule has 3 rings (SSSR count). The number of hydrogen-bond acceptors (Lipinski definition) is 6. The summed E-state index contributed by atoms with van der Waals surface area (Å²) in [6.45, 7) is 4.56. The van der Waals surface area contributed by atoms with Crippen LogP contribution in [0.15, 0.2) is 24.5 Å². The normalized spacial score (nSPS) is 11.2. The Balaban J connectivity index is 1.75. The van der Waals surface area contributed by atoms with E-state index < -0.39 is 0 Å². The van der Waals surface area contributed by atoms with Gasteiger partial charge in [0.2, 0.25) is 0 Å². The summed E-state index contributed by atoms with van der Waals surface area (Å²) in [5, 5.41) is 16.2. The molecule has 0 aliphatic heterocycles. The van der Waals surface area contributed by atoms with E-state index in [1.54, 1.807) is 10.6 Å². The first kappa shape index (κ1) is 17.2. The average Bonchev–Trinajstić information content (AvgIpc) is 3.05. The Morgan fingerprint density at radius 2 is 2.16 bits per heavy atom. The summed E-state index contributed by atoms with van der Waals surface area (Å²) in [6, 6.07) is 5.02. The Kier molecular flexibility index (Phi) is 5.20. The van der Waals surface area contributed by atoms with Crippen molar-refractivity contribution in [3.8, 4) is 0 Å². The lowest BCUT2D eigenvalue weighted by Gasteiger charge is -2.13. The quantitative estimate of drug-likeness (QED) is 0.637. The van der Waals surface area contributed by atoms with E-state index in [-0.39, 0.29) is 25.6 Å². The predicted octanol–water partition coefficient (Wildman–Crippen LogP) is 2.00. The van der Waals surface area contributed by atoms with Gasteiger partial charge >= 0.3 is 0 Å². The van der Waals surface area contributed by atoms with Crippen LogP contribution in [0.4, 0.5) is 10.2 Å². The topological polar surface area (TPSA) is 84.6 Å². The summed E-state index contributed by atoms with van der Waals surface area (Å²) in [7, 11) is 0. The van der Waals surface area contributed by atoms with E-state index in [4.69, 9.17) is 9.84 Å². The van der Waals surface area contributed by atoms with Crippen molar-refractivity contribution in [2.24, 2.45) is 0 Å². The molecule has 2 aromatic heterocycles. The molecule has 2 heterocycles. The van der Waals surface area contributed by atoms with Crippen LogP contribution in [0.1, 0.15) is 22.4 Å². The summed E-state index contributed by atoms with van der Waals surface area (Å²) < 4.78 is 20.9. The van der Waals surface area contributed by atoms with Crippen molar-refractivity contribution < 1.29 is 14.2 Å². The number of aliphatic hydroxyl groups excluding tert-OH is 1. The zero-order valence-electron chi connectivity index (χ0n) is 14.2. The van der Waals surface area contributed by atoms with Crippen molar-refractivity contribution in [3.05, 3.63) is 52.7 Å². The van der Waals surface area contributed by atoms with Crippen molar-refractivity contribution in [2.45, 2.75) is 27.0 Å². The molecule has 0 amide bonds. The van der Waals surface area contributed by atoms with Gasteiger partial charge < -0.3 is 15.2 Å². The van der Waals surface area contributed by atoms with E-state index in [1.165, 1.54) is 12.4 Å². The van der Waals surface area contributed by atoms with Gasteiger partial charge in [-0.1, -0.05) is 12.1 Å². The monoisotopic (exact) mass is 345 g/mol. The van der Waals surface area contributed by atoms with Crippen LogP contribution in [-0.4, -0.2) is 37.9 Å². The molecule has 0 bridgehead atoms. The number of fused-ring (bicyclic) bond motifs is 1. The molecule has 0 saturated carbocycles. The number of hydrogen-bond donors (Lipinski definition) is 2. The van der Waals surface area contributed by atoms with Gasteiger partial charge in [0, 0.05) is 23.4 Å². The van der Waals surface area contributed by atoms with E-state index in [0.29, 0.717) is 17.9 Å². The smallest absolute Gasteiger partial charge is 0.254 e. The fourth-order valence-corrected chi connectivity index (χ4v) is 2.49. The molecule has 0 saturated heterocycles. The number of nitrogens with zero attached hydrogens (tertiary/aromatic N) is 4. The molecule has 0 radical (unpaired) electrons. The summed E-state index contributed by atoms with van der Waals surface area (Å²) >= 11 is 0. The highest BCUT2D eigenvalue weighted by molar-refractivity contribution is 5.52. The molecule has 8 heteroatoms. The lowest BCUT2D eigenvalue weighted by atomic mass is 10.1. The molecule has 0 unspecified atom stereocenters. The van der Waals surface area contributed by atoms with Crippen LogP contribution in [0.5, 0.6) is 0 Å². The molecule has 0 fully saturated rings. The standard InChI is InChI=1S/C17H20FN5O2/c1-11-12(2)22-17-20-10-21-23(17)16(11)19-8-13-3-4-14(15(18)7-13)9-25-6-5-24/h3-4,7,10,19,24H,5-6,8-9H2,1-2H3. The van der Waals surface area contributed by atoms with Gasteiger partial charge in [-0.25, -0.2) is 9.37 Å². The fraction of sp³-hybridized carbons (Fsp3) is 0.353. The number of anilines is 1. The summed E-state index contributed by atoms with van der Waals surface area (Å²) in [5.74, 6) is 0.981. The first-order valence-electron chi connectivity index (χ1n) is 7.97. The number of rotatable bonds is 7. The Morgan fingerprint density at radius 3 is 2.92 bits per heavy atom. The third-order valence-corrected chi connectivity index (χ3v) is 3.98. The maximum atomic E-state index is 14.1. The number of nitrogens with one attached hydrogen (secondary N) is 1. The van der Waals surface area contributed by atoms with E-state index >= 15 is 0 Å². The number of aryl methyl sites for hydroxylation is 1. The third kappa shape index (κ3) is 3.75. The Labute approximate surface area is 144 Å². The number of ether oxygens (including phenoxy) is 1. The highest BCUT2D eigenvalue weighted by Gasteiger charge is 2.11. The van der Waals surface area contributed by atoms with Gasteiger partial charge in [-0.05, 0) is 25.5 Å². The minimum absolute atomic E-state index is 0.0783. The van der Waals surface area contributed by atoms with Crippen molar-refractivity contribution in [3.63, 3.8) is 0 Å². The van der Waals surface area contributed by atoms with Gasteiger partial charge in [0.15, 0.2) is 0 Å². The van der Waals surface area contributed by atoms with E-state index in [0.717, 1.165) is 22.6 Å². The van der Waals surface area contributed by atoms with Crippen LogP contribution in [0.2, 0.25) is 0 Å². The lowest BCUT2D eigenvalue weighted by Crippen LogP contribution is -2.10. The number of benzene rings is 1. The van der Waals surface area contributed by atoms with E-state index in [1.807, 2.05) is 19.9 Å². The number of aliphatic hydroxyl groups is 1. The van der Waals surface area contributed by atoms with Gasteiger partial charge in [0.25, 0.3) is 5.78 Å². The minimum Gasteiger partial charge on any atom is -0.394 e. The fourth-order valence-electron chi connectivity index (χ4n) is 2.49. The highest BCUT2D eigenvalue weighted by atomic mass is 19.1. The zero-order chi connectivity index (χ0) is 17.8. The summed E-state index contributed by atoms with van der Waals surface area (Å²) in [4.78, 5) is 8.48. The maximum absolute atomic E-state index is 14.1. The zero-order valence-corrected chi connectivity index (χ0v) is 14.2. The SMILES string of the molecule is Cc1nc2ncnn2c(NCc2ccc(COCCO)c(F)c2)c1C. The molecular formula is C17H20FN5O2. The lowest BCUT2D eigenvalue weighted by molar-refractivity contribution is 0.0799. The Bertz CT molecular complexity index is 881. The first-order valence-corrected chi connectivity index (χ1v) is 7.97. The van der Waals surface area contributed by atoms with Gasteiger partial charge in [-0.2, -0.15) is 14.6 Å². The van der Waals surface area contributed by atoms with Crippen LogP contribution in [0, 0.1) is 19.7 Å². The molecule has 0 aliphatic rings. The maximum Gasteiger partial charge on any atom is 0.254 e. The second-order valence-electron chi connectivity index (χ2n) is 5.70. The second kappa shape index (κ2) is 7.54. The Morgan fingerprint density at radius 1 is 1.32 bits per heavy atom. The van der Waals surface area contributed by atoms with E-state index in [2.05, 4.69) is 20.4 Å². The minimum atomic E-state index is -0.328. The van der Waals surface area contributed by atoms with Crippen LogP contribution >= 0.6 is 0 Å². The van der Waals surface area contributed by atoms with Crippen LogP contribution in [0.3, 0.4) is 0 Å². The van der Waals surface area contributed by atoms with Crippen molar-refractivity contribution in [2.75, 3.05) is 18.5 Å². The number of halogens is 1. The Hall–Kier alpha value is -2.58. The first-order chi connectivity index (χ1) is 12.1. The van der Waals surface area contributed by atoms with Gasteiger partial charge in [0.05, 0.1) is 19.8 Å². The molecule has 1 aromatic carbocycles. The van der Waals surface area contributed by atoms with Crippen LogP contribution < -0.4 is 5.32 Å². The molecule has 7 nitrogen and oxygen atoms in total. The van der Waals surface area contributed by atoms with Crippen molar-refractivity contribution in [1.29, 1.82) is 0 Å². The molecule has 0 aliphatic carbocycles. The summed E-state index contributed by atoms with van der Waals surface area (Å²) in [5.41, 5.74) is 3.09. The van der Waals surface area contributed by atoms with Gasteiger partial charge in [0.1, 0.15) is 18.0 Å². The summed E-state index contributed by atoms with van der Waals surface area (Å²) in [6.07, 6.45) is 1.45. The molecule has 3 aromatic rings. The third-order valence-electron chi connectivity index (χ3n) is 3.98. The molecule has 132 valence electrons. The van der Waals surface area contributed by atoms with Crippen molar-refractivity contribution in [1.82, 2.24) is 19.6 Å². The van der Waals surface area contributed by atoms with Crippen LogP contribution in [0.25, 0.3) is 5.78 Å². The number of aromatic nitrogens is 4. The molecule has 25 heavy (non-hydrogen) atoms. The van der Waals surface area contributed by atoms with Crippen molar-refractivity contribution >= 4 is 11.6 Å². The average molecular weight is 345 g/mol. The molecular weight excluding hydrogens is 325 g/mol.